The quantitative estimate of drug-likeness (QED) is 0.669. The lowest BCUT2D eigenvalue weighted by Gasteiger charge is -2.12. The molecule has 0 radical (unpaired) electrons. The number of allylic oxidation sites excluding steroid dienone is 1. The van der Waals surface area contributed by atoms with Gasteiger partial charge in [0.15, 0.2) is 24.7 Å². The monoisotopic (exact) mass is 409 g/mol. The van der Waals surface area contributed by atoms with Gasteiger partial charge in [-0.3, -0.25) is 4.79 Å². The summed E-state index contributed by atoms with van der Waals surface area (Å²) in [6, 6.07) is 11.4. The van der Waals surface area contributed by atoms with Gasteiger partial charge in [0.05, 0.1) is 7.11 Å². The predicted molar refractivity (Wildman–Crippen MR) is 103 cm³/mol. The third-order valence-electron chi connectivity index (χ3n) is 3.72. The molecule has 0 saturated carbocycles. The summed E-state index contributed by atoms with van der Waals surface area (Å²) in [6.07, 6.45) is -0.571. The molecule has 0 heterocycles. The van der Waals surface area contributed by atoms with E-state index in [9.17, 15) is 18.0 Å². The van der Waals surface area contributed by atoms with Crippen LogP contribution in [0.5, 0.6) is 17.2 Å². The fourth-order valence-corrected chi connectivity index (χ4v) is 2.36. The third-order valence-corrected chi connectivity index (χ3v) is 3.72. The van der Waals surface area contributed by atoms with Gasteiger partial charge in [0.1, 0.15) is 5.75 Å². The van der Waals surface area contributed by atoms with Gasteiger partial charge in [-0.05, 0) is 42.3 Å². The lowest BCUT2D eigenvalue weighted by molar-refractivity contribution is -0.153. The summed E-state index contributed by atoms with van der Waals surface area (Å²) >= 11 is 0. The van der Waals surface area contributed by atoms with Gasteiger partial charge in [0, 0.05) is 6.54 Å². The lowest BCUT2D eigenvalue weighted by atomic mass is 10.2. The van der Waals surface area contributed by atoms with Crippen LogP contribution < -0.4 is 19.5 Å². The van der Waals surface area contributed by atoms with Crippen LogP contribution in [0.25, 0.3) is 6.08 Å². The Balaban J connectivity index is 1.81. The number of amides is 1. The lowest BCUT2D eigenvalue weighted by Crippen LogP contribution is -2.28. The summed E-state index contributed by atoms with van der Waals surface area (Å²) in [5.74, 6) is 0.723. The number of hydrogen-bond acceptors (Lipinski definition) is 4. The molecule has 5 nitrogen and oxygen atoms in total. The van der Waals surface area contributed by atoms with Crippen molar-refractivity contribution in [3.63, 3.8) is 0 Å². The number of alkyl halides is 3. The molecule has 156 valence electrons. The molecule has 29 heavy (non-hydrogen) atoms. The number of benzene rings is 2. The van der Waals surface area contributed by atoms with Crippen molar-refractivity contribution in [1.29, 1.82) is 0 Å². The molecule has 0 saturated heterocycles. The van der Waals surface area contributed by atoms with E-state index in [4.69, 9.17) is 9.47 Å². The van der Waals surface area contributed by atoms with Crippen molar-refractivity contribution in [3.8, 4) is 17.2 Å². The predicted octanol–water partition coefficient (Wildman–Crippen LogP) is 4.36. The molecule has 8 heteroatoms. The average molecular weight is 409 g/mol. The summed E-state index contributed by atoms with van der Waals surface area (Å²) < 4.78 is 51.8. The van der Waals surface area contributed by atoms with E-state index in [0.717, 1.165) is 5.56 Å². The molecule has 0 aliphatic heterocycles. The molecule has 0 aliphatic carbocycles. The molecule has 0 bridgehead atoms. The van der Waals surface area contributed by atoms with Crippen LogP contribution in [-0.2, 0) is 11.3 Å². The van der Waals surface area contributed by atoms with Gasteiger partial charge >= 0.3 is 6.18 Å². The average Bonchev–Trinajstić information content (AvgIpc) is 2.70. The number of hydrogen-bond donors (Lipinski definition) is 1. The Bertz CT molecular complexity index is 833. The third kappa shape index (κ3) is 7.77. The van der Waals surface area contributed by atoms with Crippen molar-refractivity contribution < 1.29 is 32.2 Å². The van der Waals surface area contributed by atoms with Crippen LogP contribution in [0, 0.1) is 0 Å². The number of rotatable bonds is 9. The zero-order valence-electron chi connectivity index (χ0n) is 16.1. The first kappa shape index (κ1) is 22.1. The Kier molecular flexibility index (Phi) is 7.94. The summed E-state index contributed by atoms with van der Waals surface area (Å²) in [6.45, 7) is 0.565. The second-order valence-corrected chi connectivity index (χ2v) is 6.02. The fourth-order valence-electron chi connectivity index (χ4n) is 2.36. The van der Waals surface area contributed by atoms with Gasteiger partial charge in [0.25, 0.3) is 5.91 Å². The van der Waals surface area contributed by atoms with Gasteiger partial charge in [-0.25, -0.2) is 0 Å². The Labute approximate surface area is 167 Å². The van der Waals surface area contributed by atoms with Crippen molar-refractivity contribution in [2.45, 2.75) is 19.6 Å². The minimum atomic E-state index is -4.39. The maximum Gasteiger partial charge on any atom is 0.422 e. The smallest absolute Gasteiger partial charge is 0.422 e. The van der Waals surface area contributed by atoms with Gasteiger partial charge in [-0.2, -0.15) is 13.2 Å². The van der Waals surface area contributed by atoms with E-state index in [1.165, 1.54) is 19.2 Å². The Morgan fingerprint density at radius 2 is 1.79 bits per heavy atom. The molecule has 1 amide bonds. The van der Waals surface area contributed by atoms with Gasteiger partial charge < -0.3 is 19.5 Å². The van der Waals surface area contributed by atoms with E-state index in [-0.39, 0.29) is 24.8 Å². The SMILES string of the molecule is C/C=C/c1ccc(OCC(=O)NCc2ccc(OCC(F)(F)F)cc2)c(OC)c1. The summed E-state index contributed by atoms with van der Waals surface area (Å²) in [4.78, 5) is 12.0. The molecule has 0 aromatic heterocycles. The summed E-state index contributed by atoms with van der Waals surface area (Å²) in [5, 5.41) is 2.68. The molecular formula is C21H22F3NO4. The molecule has 2 aromatic rings. The zero-order valence-corrected chi connectivity index (χ0v) is 16.1. The number of halogens is 3. The molecule has 2 rings (SSSR count). The van der Waals surface area contributed by atoms with E-state index >= 15 is 0 Å². The Morgan fingerprint density at radius 1 is 1.07 bits per heavy atom. The number of nitrogens with one attached hydrogen (secondary N) is 1. The topological polar surface area (TPSA) is 56.8 Å². The van der Waals surface area contributed by atoms with Crippen molar-refractivity contribution >= 4 is 12.0 Å². The molecule has 0 atom stereocenters. The minimum absolute atomic E-state index is 0.106. The number of methoxy groups -OCH3 is 1. The second-order valence-electron chi connectivity index (χ2n) is 6.02. The molecule has 0 aliphatic rings. The highest BCUT2D eigenvalue weighted by atomic mass is 19.4. The van der Waals surface area contributed by atoms with E-state index in [2.05, 4.69) is 10.1 Å². The van der Waals surface area contributed by atoms with Crippen LogP contribution in [0.15, 0.2) is 48.5 Å². The molecule has 2 aromatic carbocycles. The minimum Gasteiger partial charge on any atom is -0.493 e. The zero-order chi connectivity index (χ0) is 21.3. The standard InChI is InChI=1S/C21H22F3NO4/c1-3-4-15-7-10-18(19(11-15)27-2)28-13-20(26)25-12-16-5-8-17(9-6-16)29-14-21(22,23)24/h3-11H,12-14H2,1-2H3,(H,25,26)/b4-3+. The van der Waals surface area contributed by atoms with Crippen molar-refractivity contribution in [2.24, 2.45) is 0 Å². The van der Waals surface area contributed by atoms with E-state index in [0.29, 0.717) is 17.1 Å². The first-order chi connectivity index (χ1) is 13.8. The normalized spacial score (nSPS) is 11.3. The highest BCUT2D eigenvalue weighted by molar-refractivity contribution is 5.77. The van der Waals surface area contributed by atoms with Crippen LogP contribution >= 0.6 is 0 Å². The molecular weight excluding hydrogens is 387 g/mol. The Hall–Kier alpha value is -3.16. The number of carbonyl (C=O) groups is 1. The maximum atomic E-state index is 12.1. The van der Waals surface area contributed by atoms with E-state index in [1.54, 1.807) is 24.3 Å². The molecule has 0 fully saturated rings. The Morgan fingerprint density at radius 3 is 2.41 bits per heavy atom. The van der Waals surface area contributed by atoms with Gasteiger partial charge in [-0.1, -0.05) is 30.4 Å². The van der Waals surface area contributed by atoms with Crippen LogP contribution in [0.4, 0.5) is 13.2 Å². The van der Waals surface area contributed by atoms with Crippen molar-refractivity contribution in [1.82, 2.24) is 5.32 Å². The first-order valence-corrected chi connectivity index (χ1v) is 8.79. The molecule has 1 N–H and O–H groups in total. The van der Waals surface area contributed by atoms with Crippen LogP contribution in [0.2, 0.25) is 0 Å². The van der Waals surface area contributed by atoms with Gasteiger partial charge in [0.2, 0.25) is 0 Å². The highest BCUT2D eigenvalue weighted by Gasteiger charge is 2.28. The first-order valence-electron chi connectivity index (χ1n) is 8.79. The van der Waals surface area contributed by atoms with Crippen LogP contribution in [0.1, 0.15) is 18.1 Å². The van der Waals surface area contributed by atoms with Crippen molar-refractivity contribution in [2.75, 3.05) is 20.3 Å². The molecule has 0 spiro atoms. The van der Waals surface area contributed by atoms with Gasteiger partial charge in [-0.15, -0.1) is 0 Å². The summed E-state index contributed by atoms with van der Waals surface area (Å²) in [7, 11) is 1.52. The number of carbonyl (C=O) groups excluding carboxylic acids is 1. The maximum absolute atomic E-state index is 12.1. The number of ether oxygens (including phenoxy) is 3. The van der Waals surface area contributed by atoms with Crippen molar-refractivity contribution in [3.05, 3.63) is 59.7 Å². The molecule has 0 unspecified atom stereocenters. The largest absolute Gasteiger partial charge is 0.493 e. The van der Waals surface area contributed by atoms with Crippen LogP contribution in [0.3, 0.4) is 0 Å². The van der Waals surface area contributed by atoms with Crippen LogP contribution in [-0.4, -0.2) is 32.4 Å². The highest BCUT2D eigenvalue weighted by Crippen LogP contribution is 2.28. The van der Waals surface area contributed by atoms with E-state index in [1.807, 2.05) is 25.1 Å². The van der Waals surface area contributed by atoms with E-state index < -0.39 is 12.8 Å². The summed E-state index contributed by atoms with van der Waals surface area (Å²) in [5.41, 5.74) is 1.66. The second kappa shape index (κ2) is 10.4. The fraction of sp³-hybridized carbons (Fsp3) is 0.286.